The van der Waals surface area contributed by atoms with Crippen LogP contribution in [0.15, 0.2) is 24.3 Å². The predicted molar refractivity (Wildman–Crippen MR) is 78.2 cm³/mol. The van der Waals surface area contributed by atoms with Crippen molar-refractivity contribution in [3.63, 3.8) is 0 Å². The van der Waals surface area contributed by atoms with E-state index < -0.39 is 0 Å². The third-order valence-corrected chi connectivity index (χ3v) is 3.38. The Balaban J connectivity index is 2.08. The lowest BCUT2D eigenvalue weighted by molar-refractivity contribution is 0.414. The van der Waals surface area contributed by atoms with Crippen molar-refractivity contribution in [2.75, 3.05) is 7.11 Å². The molecule has 0 fully saturated rings. The normalized spacial score (nSPS) is 10.9. The number of aromatic amines is 1. The van der Waals surface area contributed by atoms with E-state index in [4.69, 9.17) is 17.0 Å². The molecule has 0 amide bonds. The number of benzene rings is 1. The first-order chi connectivity index (χ1) is 9.11. The summed E-state index contributed by atoms with van der Waals surface area (Å²) in [6.45, 7) is 4.23. The van der Waals surface area contributed by atoms with Gasteiger partial charge in [-0.1, -0.05) is 12.1 Å². The van der Waals surface area contributed by atoms with Gasteiger partial charge in [-0.05, 0) is 50.2 Å². The largest absolute Gasteiger partial charge is 0.497 e. The molecule has 0 saturated heterocycles. The van der Waals surface area contributed by atoms with E-state index in [9.17, 15) is 0 Å². The highest BCUT2D eigenvalue weighted by molar-refractivity contribution is 7.71. The van der Waals surface area contributed by atoms with E-state index in [1.54, 1.807) is 7.11 Å². The number of hydrogen-bond acceptors (Lipinski definition) is 3. The zero-order valence-corrected chi connectivity index (χ0v) is 12.3. The summed E-state index contributed by atoms with van der Waals surface area (Å²) in [4.78, 5) is 0. The highest BCUT2D eigenvalue weighted by Crippen LogP contribution is 2.14. The van der Waals surface area contributed by atoms with Crippen LogP contribution < -0.4 is 4.74 Å². The minimum Gasteiger partial charge on any atom is -0.497 e. The quantitative estimate of drug-likeness (QED) is 0.853. The van der Waals surface area contributed by atoms with Gasteiger partial charge in [0.1, 0.15) is 11.6 Å². The predicted octanol–water partition coefficient (Wildman–Crippen LogP) is 3.32. The Morgan fingerprint density at radius 1 is 1.26 bits per heavy atom. The Kier molecular flexibility index (Phi) is 4.37. The summed E-state index contributed by atoms with van der Waals surface area (Å²) in [5.41, 5.74) is 1.27. The standard InChI is InChI=1S/C14H19N3OS/c1-10(2)17-13(15-16-14(17)19)9-6-11-4-7-12(18-3)8-5-11/h4-5,7-8,10H,6,9H2,1-3H3,(H,16,19). The second-order valence-corrected chi connectivity index (χ2v) is 5.14. The second kappa shape index (κ2) is 6.02. The fourth-order valence-electron chi connectivity index (χ4n) is 2.09. The zero-order valence-electron chi connectivity index (χ0n) is 11.5. The third-order valence-electron chi connectivity index (χ3n) is 3.09. The molecule has 1 aromatic carbocycles. The van der Waals surface area contributed by atoms with Crippen molar-refractivity contribution in [1.29, 1.82) is 0 Å². The molecule has 0 saturated carbocycles. The molecule has 4 nitrogen and oxygen atoms in total. The highest BCUT2D eigenvalue weighted by Gasteiger charge is 2.09. The molecular formula is C14H19N3OS. The molecule has 0 aliphatic carbocycles. The fourth-order valence-corrected chi connectivity index (χ4v) is 2.46. The van der Waals surface area contributed by atoms with E-state index in [2.05, 4.69) is 40.7 Å². The molecule has 5 heteroatoms. The Bertz CT molecular complexity index is 583. The lowest BCUT2D eigenvalue weighted by Gasteiger charge is -2.10. The molecule has 19 heavy (non-hydrogen) atoms. The maximum Gasteiger partial charge on any atom is 0.195 e. The second-order valence-electron chi connectivity index (χ2n) is 4.76. The summed E-state index contributed by atoms with van der Waals surface area (Å²) in [5, 5.41) is 7.18. The number of H-pyrrole nitrogens is 1. The number of rotatable bonds is 5. The summed E-state index contributed by atoms with van der Waals surface area (Å²) >= 11 is 5.24. The van der Waals surface area contributed by atoms with Gasteiger partial charge >= 0.3 is 0 Å². The number of ether oxygens (including phenoxy) is 1. The van der Waals surface area contributed by atoms with E-state index in [1.165, 1.54) is 5.56 Å². The first kappa shape index (κ1) is 13.8. The van der Waals surface area contributed by atoms with Gasteiger partial charge in [0.05, 0.1) is 7.11 Å². The summed E-state index contributed by atoms with van der Waals surface area (Å²) in [6, 6.07) is 8.46. The zero-order chi connectivity index (χ0) is 13.8. The molecule has 1 heterocycles. The molecule has 0 unspecified atom stereocenters. The van der Waals surface area contributed by atoms with Crippen LogP contribution in [0.3, 0.4) is 0 Å². The molecule has 1 aromatic heterocycles. The molecule has 2 aromatic rings. The van der Waals surface area contributed by atoms with Gasteiger partial charge in [-0.3, -0.25) is 5.10 Å². The van der Waals surface area contributed by atoms with Crippen LogP contribution in [0, 0.1) is 4.77 Å². The molecule has 0 atom stereocenters. The Labute approximate surface area is 118 Å². The van der Waals surface area contributed by atoms with Crippen LogP contribution in [-0.2, 0) is 12.8 Å². The van der Waals surface area contributed by atoms with Crippen LogP contribution >= 0.6 is 12.2 Å². The van der Waals surface area contributed by atoms with Crippen LogP contribution in [0.2, 0.25) is 0 Å². The van der Waals surface area contributed by atoms with Crippen molar-refractivity contribution in [2.24, 2.45) is 0 Å². The topological polar surface area (TPSA) is 42.8 Å². The molecule has 0 aliphatic rings. The van der Waals surface area contributed by atoms with Crippen LogP contribution in [0.1, 0.15) is 31.3 Å². The SMILES string of the molecule is COc1ccc(CCc2n[nH]c(=S)n2C(C)C)cc1. The van der Waals surface area contributed by atoms with E-state index in [0.717, 1.165) is 24.4 Å². The summed E-state index contributed by atoms with van der Waals surface area (Å²) in [6.07, 6.45) is 1.81. The van der Waals surface area contributed by atoms with Gasteiger partial charge in [-0.25, -0.2) is 0 Å². The number of hydrogen-bond donors (Lipinski definition) is 1. The minimum absolute atomic E-state index is 0.331. The molecule has 0 radical (unpaired) electrons. The average molecular weight is 277 g/mol. The number of aromatic nitrogens is 3. The molecule has 1 N–H and O–H groups in total. The van der Waals surface area contributed by atoms with Gasteiger partial charge < -0.3 is 9.30 Å². The van der Waals surface area contributed by atoms with Crippen LogP contribution in [0.4, 0.5) is 0 Å². The highest BCUT2D eigenvalue weighted by atomic mass is 32.1. The number of nitrogens with zero attached hydrogens (tertiary/aromatic N) is 2. The van der Waals surface area contributed by atoms with Gasteiger partial charge in [0.25, 0.3) is 0 Å². The third kappa shape index (κ3) is 3.23. The van der Waals surface area contributed by atoms with Gasteiger partial charge in [0, 0.05) is 12.5 Å². The van der Waals surface area contributed by atoms with E-state index >= 15 is 0 Å². The number of methoxy groups -OCH3 is 1. The first-order valence-electron chi connectivity index (χ1n) is 6.40. The molecule has 0 spiro atoms. The fraction of sp³-hybridized carbons (Fsp3) is 0.429. The van der Waals surface area contributed by atoms with Crippen molar-refractivity contribution in [3.8, 4) is 5.75 Å². The summed E-state index contributed by atoms with van der Waals surface area (Å²) < 4.78 is 7.91. The summed E-state index contributed by atoms with van der Waals surface area (Å²) in [5.74, 6) is 1.89. The number of aryl methyl sites for hydroxylation is 2. The van der Waals surface area contributed by atoms with Crippen LogP contribution in [0.5, 0.6) is 5.75 Å². The van der Waals surface area contributed by atoms with Crippen molar-refractivity contribution in [3.05, 3.63) is 40.4 Å². The maximum atomic E-state index is 5.24. The average Bonchev–Trinajstić information content (AvgIpc) is 2.78. The monoisotopic (exact) mass is 277 g/mol. The van der Waals surface area contributed by atoms with Crippen LogP contribution in [-0.4, -0.2) is 21.9 Å². The lowest BCUT2D eigenvalue weighted by atomic mass is 10.1. The van der Waals surface area contributed by atoms with E-state index in [-0.39, 0.29) is 0 Å². The first-order valence-corrected chi connectivity index (χ1v) is 6.81. The van der Waals surface area contributed by atoms with Gasteiger partial charge in [-0.2, -0.15) is 5.10 Å². The Morgan fingerprint density at radius 2 is 1.95 bits per heavy atom. The van der Waals surface area contributed by atoms with Crippen molar-refractivity contribution >= 4 is 12.2 Å². The molecule has 0 bridgehead atoms. The van der Waals surface area contributed by atoms with Gasteiger partial charge in [-0.15, -0.1) is 0 Å². The molecule has 0 aliphatic heterocycles. The molecule has 2 rings (SSSR count). The van der Waals surface area contributed by atoms with Gasteiger partial charge in [0.15, 0.2) is 4.77 Å². The summed E-state index contributed by atoms with van der Waals surface area (Å²) in [7, 11) is 1.68. The van der Waals surface area contributed by atoms with E-state index in [1.807, 2.05) is 12.1 Å². The van der Waals surface area contributed by atoms with E-state index in [0.29, 0.717) is 10.8 Å². The smallest absolute Gasteiger partial charge is 0.195 e. The van der Waals surface area contributed by atoms with Gasteiger partial charge in [0.2, 0.25) is 0 Å². The van der Waals surface area contributed by atoms with Crippen molar-refractivity contribution in [1.82, 2.24) is 14.8 Å². The molecule has 102 valence electrons. The molecular weight excluding hydrogens is 258 g/mol. The van der Waals surface area contributed by atoms with Crippen LogP contribution in [0.25, 0.3) is 0 Å². The number of nitrogens with one attached hydrogen (secondary N) is 1. The Hall–Kier alpha value is -1.62. The van der Waals surface area contributed by atoms with Crippen molar-refractivity contribution in [2.45, 2.75) is 32.7 Å². The Morgan fingerprint density at radius 3 is 2.53 bits per heavy atom. The minimum atomic E-state index is 0.331. The van der Waals surface area contributed by atoms with Crippen molar-refractivity contribution < 1.29 is 4.74 Å². The maximum absolute atomic E-state index is 5.24. The lowest BCUT2D eigenvalue weighted by Crippen LogP contribution is -2.07.